The van der Waals surface area contributed by atoms with Crippen molar-refractivity contribution in [2.45, 2.75) is 65.5 Å². The lowest BCUT2D eigenvalue weighted by Crippen LogP contribution is -2.38. The van der Waals surface area contributed by atoms with Crippen LogP contribution in [0.1, 0.15) is 84.9 Å². The van der Waals surface area contributed by atoms with Crippen molar-refractivity contribution < 1.29 is 28.6 Å². The molecule has 0 radical (unpaired) electrons. The highest BCUT2D eigenvalue weighted by molar-refractivity contribution is 6.08. The summed E-state index contributed by atoms with van der Waals surface area (Å²) in [4.78, 5) is 42.9. The zero-order valence-electron chi connectivity index (χ0n) is 25.7. The maximum absolute atomic E-state index is 13.9. The molecule has 1 amide bonds. The fraction of sp³-hybridized carbons (Fsp3) is 0.500. The van der Waals surface area contributed by atoms with Crippen LogP contribution in [0.4, 0.5) is 5.69 Å². The third-order valence-electron chi connectivity index (χ3n) is 7.77. The lowest BCUT2D eigenvalue weighted by Gasteiger charge is -2.31. The summed E-state index contributed by atoms with van der Waals surface area (Å²) in [5.41, 5.74) is 3.46. The van der Waals surface area contributed by atoms with Crippen LogP contribution in [0.3, 0.4) is 0 Å². The molecule has 2 heterocycles. The first-order chi connectivity index (χ1) is 19.9. The number of hydrogen-bond donors (Lipinski definition) is 2. The van der Waals surface area contributed by atoms with Gasteiger partial charge in [0.15, 0.2) is 5.78 Å². The summed E-state index contributed by atoms with van der Waals surface area (Å²) < 4.78 is 17.0. The second-order valence-electron chi connectivity index (χ2n) is 11.6. The van der Waals surface area contributed by atoms with Crippen molar-refractivity contribution >= 4 is 29.2 Å². The van der Waals surface area contributed by atoms with Crippen molar-refractivity contribution in [3.63, 3.8) is 0 Å². The van der Waals surface area contributed by atoms with Gasteiger partial charge in [-0.05, 0) is 61.9 Å². The van der Waals surface area contributed by atoms with Crippen molar-refractivity contribution in [1.82, 2.24) is 10.2 Å². The van der Waals surface area contributed by atoms with Gasteiger partial charge in [0.2, 0.25) is 0 Å². The molecule has 4 rings (SSSR count). The number of carbonyl (C=O) groups excluding carboxylic acids is 3. The van der Waals surface area contributed by atoms with E-state index in [1.165, 1.54) is 0 Å². The Morgan fingerprint density at radius 1 is 1.10 bits per heavy atom. The third kappa shape index (κ3) is 5.93. The molecule has 0 aromatic heterocycles. The Bertz CT molecular complexity index is 1400. The summed E-state index contributed by atoms with van der Waals surface area (Å²) >= 11 is 0. The van der Waals surface area contributed by atoms with Gasteiger partial charge >= 0.3 is 5.97 Å². The van der Waals surface area contributed by atoms with Gasteiger partial charge in [-0.15, -0.1) is 0 Å². The van der Waals surface area contributed by atoms with Crippen molar-refractivity contribution in [2.24, 2.45) is 0 Å². The number of rotatable bonds is 10. The maximum Gasteiger partial charge on any atom is 0.328 e. The predicted octanol–water partition coefficient (Wildman–Crippen LogP) is 4.31. The molecule has 2 aromatic carbocycles. The number of carbonyl (C=O) groups is 3. The molecule has 2 N–H and O–H groups in total. The Labute approximate surface area is 247 Å². The number of hydrogen-bond acceptors (Lipinski definition) is 8. The number of methoxy groups -OCH3 is 1. The van der Waals surface area contributed by atoms with Crippen LogP contribution in [0.2, 0.25) is 0 Å². The normalized spacial score (nSPS) is 16.4. The predicted molar refractivity (Wildman–Crippen MR) is 161 cm³/mol. The van der Waals surface area contributed by atoms with Crippen LogP contribution in [0.25, 0.3) is 0 Å². The molecule has 2 aliphatic rings. The van der Waals surface area contributed by atoms with E-state index in [0.717, 1.165) is 17.5 Å². The molecule has 10 heteroatoms. The molecule has 0 aliphatic carbocycles. The van der Waals surface area contributed by atoms with Crippen LogP contribution < -0.4 is 19.7 Å². The van der Waals surface area contributed by atoms with E-state index in [0.29, 0.717) is 66.6 Å². The van der Waals surface area contributed by atoms with E-state index in [1.807, 2.05) is 17.9 Å². The van der Waals surface area contributed by atoms with Crippen molar-refractivity contribution in [3.8, 4) is 11.5 Å². The van der Waals surface area contributed by atoms with Crippen molar-refractivity contribution in [2.75, 3.05) is 45.4 Å². The van der Waals surface area contributed by atoms with Crippen molar-refractivity contribution in [1.29, 1.82) is 5.41 Å². The minimum Gasteiger partial charge on any atom is -0.494 e. The van der Waals surface area contributed by atoms with Crippen LogP contribution in [-0.2, 0) is 21.5 Å². The van der Waals surface area contributed by atoms with Gasteiger partial charge in [-0.2, -0.15) is 0 Å². The number of ether oxygens (including phenoxy) is 3. The quantitative estimate of drug-likeness (QED) is 0.316. The number of nitrogens with zero attached hydrogens (tertiary/aromatic N) is 2. The second kappa shape index (κ2) is 12.4. The Balaban J connectivity index is 1.69. The molecule has 42 heavy (non-hydrogen) atoms. The maximum atomic E-state index is 13.9. The van der Waals surface area contributed by atoms with Crippen LogP contribution >= 0.6 is 0 Å². The molecule has 1 fully saturated rings. The first-order valence-electron chi connectivity index (χ1n) is 14.5. The van der Waals surface area contributed by atoms with Crippen LogP contribution in [0, 0.1) is 5.41 Å². The van der Waals surface area contributed by atoms with Gasteiger partial charge in [0.1, 0.15) is 23.4 Å². The summed E-state index contributed by atoms with van der Waals surface area (Å²) in [7, 11) is 3.16. The molecule has 0 spiro atoms. The fourth-order valence-corrected chi connectivity index (χ4v) is 5.71. The van der Waals surface area contributed by atoms with E-state index in [-0.39, 0.29) is 35.5 Å². The molecule has 1 unspecified atom stereocenters. The molecular weight excluding hydrogens is 536 g/mol. The Morgan fingerprint density at radius 3 is 2.45 bits per heavy atom. The topological polar surface area (TPSA) is 121 Å². The Kier molecular flexibility index (Phi) is 9.13. The molecule has 0 saturated carbocycles. The van der Waals surface area contributed by atoms with E-state index < -0.39 is 6.04 Å². The number of fused-ring (bicyclic) bond motifs is 1. The van der Waals surface area contributed by atoms with Gasteiger partial charge in [-0.25, -0.2) is 4.79 Å². The smallest absolute Gasteiger partial charge is 0.328 e. The van der Waals surface area contributed by atoms with Gasteiger partial charge in [-0.3, -0.25) is 15.0 Å². The number of nitrogens with one attached hydrogen (secondary N) is 2. The van der Waals surface area contributed by atoms with E-state index >= 15 is 0 Å². The minimum absolute atomic E-state index is 0.0244. The van der Waals surface area contributed by atoms with Gasteiger partial charge in [0, 0.05) is 36.8 Å². The number of amides is 1. The van der Waals surface area contributed by atoms with Gasteiger partial charge < -0.3 is 29.3 Å². The first-order valence-corrected chi connectivity index (χ1v) is 14.5. The molecule has 2 aliphatic heterocycles. The molecule has 0 bridgehead atoms. The summed E-state index contributed by atoms with van der Waals surface area (Å²) in [6.45, 7) is 11.5. The SMILES string of the molecule is CCOC(=O)C1CCCN1c1cc(C(=O)CN2Cc3cc(OCC)c(C(=O)NC)cc3C2=N)cc(C(C)(C)C)c1OC. The molecule has 226 valence electrons. The highest BCUT2D eigenvalue weighted by Crippen LogP contribution is 2.43. The summed E-state index contributed by atoms with van der Waals surface area (Å²) in [6.07, 6.45) is 1.48. The average molecular weight is 579 g/mol. The molecular formula is C32H42N4O6. The highest BCUT2D eigenvalue weighted by atomic mass is 16.5. The fourth-order valence-electron chi connectivity index (χ4n) is 5.71. The number of esters is 1. The van der Waals surface area contributed by atoms with E-state index in [2.05, 4.69) is 26.1 Å². The number of benzene rings is 2. The molecule has 10 nitrogen and oxygen atoms in total. The van der Waals surface area contributed by atoms with Crippen LogP contribution in [0.5, 0.6) is 11.5 Å². The standard InChI is InChI=1S/C32H42N4O6/c1-8-41-27-15-20-17-35(29(33)21(20)16-22(27)30(38)34-6)18-26(37)19-13-23(32(3,4)5)28(40-7)25(14-19)36-12-10-11-24(36)31(39)42-9-2/h13-16,24,33H,8-12,17-18H2,1-7H3,(H,34,38). The monoisotopic (exact) mass is 578 g/mol. The molecule has 1 saturated heterocycles. The van der Waals surface area contributed by atoms with Gasteiger partial charge in [-0.1, -0.05) is 20.8 Å². The van der Waals surface area contributed by atoms with Gasteiger partial charge in [0.05, 0.1) is 38.1 Å². The summed E-state index contributed by atoms with van der Waals surface area (Å²) in [5, 5.41) is 11.5. The molecule has 1 atom stereocenters. The second-order valence-corrected chi connectivity index (χ2v) is 11.6. The van der Waals surface area contributed by atoms with E-state index in [1.54, 1.807) is 44.2 Å². The largest absolute Gasteiger partial charge is 0.494 e. The van der Waals surface area contributed by atoms with E-state index in [9.17, 15) is 14.4 Å². The number of Topliss-reactive ketones (excluding diaryl/α,β-unsaturated/α-hetero) is 1. The summed E-state index contributed by atoms with van der Waals surface area (Å²) in [6, 6.07) is 6.67. The Hall–Kier alpha value is -4.08. The Morgan fingerprint density at radius 2 is 1.83 bits per heavy atom. The van der Waals surface area contributed by atoms with Crippen molar-refractivity contribution in [3.05, 3.63) is 52.1 Å². The highest BCUT2D eigenvalue weighted by Gasteiger charge is 2.36. The average Bonchev–Trinajstić information content (AvgIpc) is 3.56. The zero-order chi connectivity index (χ0) is 30.8. The first kappa shape index (κ1) is 30.9. The van der Waals surface area contributed by atoms with Gasteiger partial charge in [0.25, 0.3) is 5.91 Å². The van der Waals surface area contributed by atoms with Crippen LogP contribution in [-0.4, -0.2) is 74.9 Å². The number of anilines is 1. The zero-order valence-corrected chi connectivity index (χ0v) is 25.7. The minimum atomic E-state index is -0.452. The number of ketones is 1. The van der Waals surface area contributed by atoms with E-state index in [4.69, 9.17) is 19.6 Å². The lowest BCUT2D eigenvalue weighted by atomic mass is 9.84. The number of amidine groups is 1. The summed E-state index contributed by atoms with van der Waals surface area (Å²) in [5.74, 6) is 0.530. The van der Waals surface area contributed by atoms with Crippen LogP contribution in [0.15, 0.2) is 24.3 Å². The lowest BCUT2D eigenvalue weighted by molar-refractivity contribution is -0.144. The third-order valence-corrected chi connectivity index (χ3v) is 7.77. The molecule has 2 aromatic rings.